The van der Waals surface area contributed by atoms with Gasteiger partial charge in [-0.3, -0.25) is 4.79 Å². The van der Waals surface area contributed by atoms with Crippen LogP contribution in [0.3, 0.4) is 0 Å². The molecule has 2 N–H and O–H groups in total. The lowest BCUT2D eigenvalue weighted by Gasteiger charge is -2.23. The van der Waals surface area contributed by atoms with Gasteiger partial charge in [-0.25, -0.2) is 13.1 Å². The Labute approximate surface area is 111 Å². The second-order valence-electron chi connectivity index (χ2n) is 4.80. The van der Waals surface area contributed by atoms with Crippen LogP contribution in [0, 0.1) is 0 Å². The van der Waals surface area contributed by atoms with Crippen molar-refractivity contribution in [2.45, 2.75) is 36.8 Å². The molecule has 1 atom stereocenters. The third kappa shape index (κ3) is 2.43. The van der Waals surface area contributed by atoms with E-state index in [9.17, 15) is 13.2 Å². The third-order valence-electron chi connectivity index (χ3n) is 3.09. The molecule has 0 aromatic heterocycles. The molecule has 3 rings (SSSR count). The van der Waals surface area contributed by atoms with Crippen LogP contribution in [0.5, 0.6) is 5.75 Å². The molecule has 1 saturated carbocycles. The van der Waals surface area contributed by atoms with Gasteiger partial charge in [0, 0.05) is 6.04 Å². The lowest BCUT2D eigenvalue weighted by Crippen LogP contribution is -2.34. The van der Waals surface area contributed by atoms with Crippen molar-refractivity contribution in [2.24, 2.45) is 0 Å². The first-order valence-electron chi connectivity index (χ1n) is 6.09. The zero-order chi connectivity index (χ0) is 13.6. The van der Waals surface area contributed by atoms with E-state index in [-0.39, 0.29) is 16.8 Å². The molecule has 2 aliphatic rings. The molecule has 7 heteroatoms. The Hall–Kier alpha value is -1.60. The van der Waals surface area contributed by atoms with Gasteiger partial charge in [-0.15, -0.1) is 0 Å². The van der Waals surface area contributed by atoms with Gasteiger partial charge in [-0.2, -0.15) is 0 Å². The summed E-state index contributed by atoms with van der Waals surface area (Å²) in [5.74, 6) is 0.203. The van der Waals surface area contributed by atoms with Crippen molar-refractivity contribution in [3.63, 3.8) is 0 Å². The number of ether oxygens (including phenoxy) is 1. The maximum Gasteiger partial charge on any atom is 0.265 e. The second-order valence-corrected chi connectivity index (χ2v) is 6.52. The molecule has 1 aliphatic carbocycles. The molecule has 102 valence electrons. The van der Waals surface area contributed by atoms with Crippen LogP contribution in [0.25, 0.3) is 0 Å². The molecule has 1 amide bonds. The van der Waals surface area contributed by atoms with Gasteiger partial charge >= 0.3 is 0 Å². The van der Waals surface area contributed by atoms with Gasteiger partial charge in [0.25, 0.3) is 5.91 Å². The fourth-order valence-electron chi connectivity index (χ4n) is 1.84. The van der Waals surface area contributed by atoms with Crippen LogP contribution in [-0.4, -0.2) is 26.5 Å². The highest BCUT2D eigenvalue weighted by atomic mass is 32.2. The maximum atomic E-state index is 12.0. The van der Waals surface area contributed by atoms with Crippen LogP contribution in [-0.2, 0) is 14.8 Å². The molecule has 0 bridgehead atoms. The minimum absolute atomic E-state index is 0.0481. The smallest absolute Gasteiger partial charge is 0.265 e. The van der Waals surface area contributed by atoms with E-state index in [0.29, 0.717) is 11.4 Å². The van der Waals surface area contributed by atoms with E-state index in [4.69, 9.17) is 4.74 Å². The summed E-state index contributed by atoms with van der Waals surface area (Å²) in [6, 6.07) is 4.51. The summed E-state index contributed by atoms with van der Waals surface area (Å²) in [5.41, 5.74) is 0.391. The molecule has 1 fully saturated rings. The van der Waals surface area contributed by atoms with E-state index in [1.807, 2.05) is 0 Å². The van der Waals surface area contributed by atoms with Gasteiger partial charge in [-0.05, 0) is 38.0 Å². The number of sulfonamides is 1. The van der Waals surface area contributed by atoms with Gasteiger partial charge in [0.15, 0.2) is 6.10 Å². The SMILES string of the molecule is C[C@@H]1Oc2ccc(S(=O)(=O)NC3CC3)cc2NC1=O. The number of carbonyl (C=O) groups excluding carboxylic acids is 1. The largest absolute Gasteiger partial charge is 0.479 e. The Balaban J connectivity index is 1.93. The van der Waals surface area contributed by atoms with Gasteiger partial charge in [0.05, 0.1) is 10.6 Å². The summed E-state index contributed by atoms with van der Waals surface area (Å²) in [6.07, 6.45) is 1.18. The molecular formula is C12H14N2O4S. The van der Waals surface area contributed by atoms with Crippen LogP contribution in [0.1, 0.15) is 19.8 Å². The van der Waals surface area contributed by atoms with Crippen molar-refractivity contribution in [3.05, 3.63) is 18.2 Å². The lowest BCUT2D eigenvalue weighted by atomic mass is 10.2. The number of amides is 1. The molecule has 0 spiro atoms. The van der Waals surface area contributed by atoms with E-state index in [1.54, 1.807) is 13.0 Å². The molecule has 1 aromatic carbocycles. The van der Waals surface area contributed by atoms with Crippen LogP contribution < -0.4 is 14.8 Å². The summed E-state index contributed by atoms with van der Waals surface area (Å²) < 4.78 is 32.1. The minimum Gasteiger partial charge on any atom is -0.479 e. The first-order valence-corrected chi connectivity index (χ1v) is 7.58. The normalized spacial score (nSPS) is 22.4. The molecular weight excluding hydrogens is 268 g/mol. The van der Waals surface area contributed by atoms with Crippen molar-refractivity contribution in [1.82, 2.24) is 4.72 Å². The molecule has 0 radical (unpaired) electrons. The Morgan fingerprint density at radius 2 is 2.11 bits per heavy atom. The fraction of sp³-hybridized carbons (Fsp3) is 0.417. The van der Waals surface area contributed by atoms with E-state index in [0.717, 1.165) is 12.8 Å². The van der Waals surface area contributed by atoms with E-state index in [1.165, 1.54) is 12.1 Å². The highest BCUT2D eigenvalue weighted by molar-refractivity contribution is 7.89. The van der Waals surface area contributed by atoms with Gasteiger partial charge in [0.2, 0.25) is 10.0 Å². The summed E-state index contributed by atoms with van der Waals surface area (Å²) >= 11 is 0. The summed E-state index contributed by atoms with van der Waals surface area (Å²) in [6.45, 7) is 1.64. The fourth-order valence-corrected chi connectivity index (χ4v) is 3.17. The van der Waals surface area contributed by atoms with Gasteiger partial charge in [0.1, 0.15) is 5.75 Å². The van der Waals surface area contributed by atoms with Crippen LogP contribution in [0.2, 0.25) is 0 Å². The quantitative estimate of drug-likeness (QED) is 0.860. The Morgan fingerprint density at radius 3 is 2.79 bits per heavy atom. The van der Waals surface area contributed by atoms with Crippen molar-refractivity contribution in [3.8, 4) is 5.75 Å². The van der Waals surface area contributed by atoms with Crippen LogP contribution in [0.15, 0.2) is 23.1 Å². The monoisotopic (exact) mass is 282 g/mol. The average Bonchev–Trinajstić information content (AvgIpc) is 3.13. The molecule has 1 aliphatic heterocycles. The summed E-state index contributed by atoms with van der Waals surface area (Å²) in [4.78, 5) is 11.6. The molecule has 0 unspecified atom stereocenters. The van der Waals surface area contributed by atoms with Gasteiger partial charge in [-0.1, -0.05) is 0 Å². The number of hydrogen-bond acceptors (Lipinski definition) is 4. The number of anilines is 1. The summed E-state index contributed by atoms with van der Waals surface area (Å²) in [5, 5.41) is 2.63. The zero-order valence-corrected chi connectivity index (χ0v) is 11.2. The first-order chi connectivity index (χ1) is 8.95. The average molecular weight is 282 g/mol. The number of benzene rings is 1. The lowest BCUT2D eigenvalue weighted by molar-refractivity contribution is -0.122. The summed E-state index contributed by atoms with van der Waals surface area (Å²) in [7, 11) is -3.52. The van der Waals surface area contributed by atoms with Crippen LogP contribution in [0.4, 0.5) is 5.69 Å². The molecule has 1 aromatic rings. The predicted octanol–water partition coefficient (Wildman–Crippen LogP) is 0.847. The third-order valence-corrected chi connectivity index (χ3v) is 4.61. The highest BCUT2D eigenvalue weighted by Crippen LogP contribution is 2.32. The number of fused-ring (bicyclic) bond motifs is 1. The number of carbonyl (C=O) groups is 1. The van der Waals surface area contributed by atoms with E-state index >= 15 is 0 Å². The molecule has 1 heterocycles. The molecule has 19 heavy (non-hydrogen) atoms. The number of nitrogens with one attached hydrogen (secondary N) is 2. The van der Waals surface area contributed by atoms with E-state index in [2.05, 4.69) is 10.0 Å². The maximum absolute atomic E-state index is 12.0. The molecule has 0 saturated heterocycles. The zero-order valence-electron chi connectivity index (χ0n) is 10.3. The first kappa shape index (κ1) is 12.4. The predicted molar refractivity (Wildman–Crippen MR) is 68.5 cm³/mol. The van der Waals surface area contributed by atoms with Crippen molar-refractivity contribution in [2.75, 3.05) is 5.32 Å². The van der Waals surface area contributed by atoms with Crippen molar-refractivity contribution in [1.29, 1.82) is 0 Å². The molecule has 6 nitrogen and oxygen atoms in total. The second kappa shape index (κ2) is 4.21. The van der Waals surface area contributed by atoms with Crippen molar-refractivity contribution < 1.29 is 17.9 Å². The standard InChI is InChI=1S/C12H14N2O4S/c1-7-12(15)13-10-6-9(4-5-11(10)18-7)19(16,17)14-8-2-3-8/h4-8,14H,2-3H2,1H3,(H,13,15)/t7-/m0/s1. The highest BCUT2D eigenvalue weighted by Gasteiger charge is 2.30. The number of hydrogen-bond donors (Lipinski definition) is 2. The van der Waals surface area contributed by atoms with Crippen LogP contribution >= 0.6 is 0 Å². The van der Waals surface area contributed by atoms with Crippen molar-refractivity contribution >= 4 is 21.6 Å². The minimum atomic E-state index is -3.52. The Morgan fingerprint density at radius 1 is 1.37 bits per heavy atom. The Kier molecular flexibility index (Phi) is 2.75. The van der Waals surface area contributed by atoms with Gasteiger partial charge < -0.3 is 10.1 Å². The Bertz CT molecular complexity index is 637. The van der Waals surface area contributed by atoms with E-state index < -0.39 is 16.1 Å². The topological polar surface area (TPSA) is 84.5 Å². The number of rotatable bonds is 3.